The van der Waals surface area contributed by atoms with Crippen molar-refractivity contribution < 1.29 is 14.3 Å². The molecule has 3 aliphatic heterocycles. The number of hydrogen-bond donors (Lipinski definition) is 1. The van der Waals surface area contributed by atoms with Crippen LogP contribution in [0.5, 0.6) is 0 Å². The van der Waals surface area contributed by atoms with E-state index >= 15 is 0 Å². The van der Waals surface area contributed by atoms with Crippen LogP contribution in [0.2, 0.25) is 0 Å². The Bertz CT molecular complexity index is 1260. The second-order valence-corrected chi connectivity index (χ2v) is 9.55. The van der Waals surface area contributed by atoms with Crippen molar-refractivity contribution in [2.24, 2.45) is 0 Å². The van der Waals surface area contributed by atoms with Gasteiger partial charge in [-0.3, -0.25) is 4.79 Å². The molecule has 1 N–H and O–H groups in total. The first-order valence-corrected chi connectivity index (χ1v) is 12.3. The van der Waals surface area contributed by atoms with E-state index in [0.717, 1.165) is 54.9 Å². The number of carbonyl (C=O) groups is 1. The normalized spacial score (nSPS) is 24.1. The molecule has 5 heterocycles. The maximum Gasteiger partial charge on any atom is 0.251 e. The standard InChI is InChI=1S/C26H30N6O3/c1-16-15-34-11-10-32(16)24-21-8-9-22(17-4-3-5-18(12-17)25(33)27-2)28-23(21)29-26(30-24)31-13-19-6-7-20(14-31)35-19/h3-5,8-9,12,16,19-20H,6-7,10-11,13-15H2,1-2H3,(H,27,33)/t16-,19?,20?/m0/s1. The van der Waals surface area contributed by atoms with Crippen molar-refractivity contribution in [3.05, 3.63) is 42.0 Å². The largest absolute Gasteiger partial charge is 0.377 e. The molecule has 3 aromatic rings. The topological polar surface area (TPSA) is 92.7 Å². The molecule has 35 heavy (non-hydrogen) atoms. The third-order valence-corrected chi connectivity index (χ3v) is 7.14. The first-order valence-electron chi connectivity index (χ1n) is 12.3. The Balaban J connectivity index is 1.45. The summed E-state index contributed by atoms with van der Waals surface area (Å²) in [5.41, 5.74) is 2.90. The lowest BCUT2D eigenvalue weighted by atomic mass is 10.1. The summed E-state index contributed by atoms with van der Waals surface area (Å²) in [4.78, 5) is 31.7. The molecule has 1 amide bonds. The second-order valence-electron chi connectivity index (χ2n) is 9.55. The van der Waals surface area contributed by atoms with E-state index < -0.39 is 0 Å². The summed E-state index contributed by atoms with van der Waals surface area (Å²) in [7, 11) is 1.63. The summed E-state index contributed by atoms with van der Waals surface area (Å²) >= 11 is 0. The van der Waals surface area contributed by atoms with Gasteiger partial charge in [0, 0.05) is 37.8 Å². The molecule has 2 bridgehead atoms. The highest BCUT2D eigenvalue weighted by molar-refractivity contribution is 5.95. The van der Waals surface area contributed by atoms with Crippen LogP contribution in [0.25, 0.3) is 22.3 Å². The van der Waals surface area contributed by atoms with Crippen molar-refractivity contribution in [2.45, 2.75) is 38.0 Å². The molecule has 0 saturated carbocycles. The zero-order valence-electron chi connectivity index (χ0n) is 20.1. The molecule has 9 nitrogen and oxygen atoms in total. The number of aromatic nitrogens is 3. The van der Waals surface area contributed by atoms with Gasteiger partial charge in [-0.05, 0) is 44.0 Å². The van der Waals surface area contributed by atoms with Gasteiger partial charge in [0.05, 0.1) is 42.5 Å². The van der Waals surface area contributed by atoms with Crippen molar-refractivity contribution in [1.29, 1.82) is 0 Å². The van der Waals surface area contributed by atoms with Crippen LogP contribution < -0.4 is 15.1 Å². The van der Waals surface area contributed by atoms with Gasteiger partial charge in [0.25, 0.3) is 5.91 Å². The highest BCUT2D eigenvalue weighted by Crippen LogP contribution is 2.33. The molecule has 0 aliphatic carbocycles. The number of benzene rings is 1. The Morgan fingerprint density at radius 1 is 1.09 bits per heavy atom. The molecule has 3 aliphatic rings. The fraction of sp³-hybridized carbons (Fsp3) is 0.462. The van der Waals surface area contributed by atoms with Crippen LogP contribution in [0.3, 0.4) is 0 Å². The SMILES string of the molecule is CNC(=O)c1cccc(-c2ccc3c(N4CCOC[C@@H]4C)nc(N4CC5CCC(C4)O5)nc3n2)c1. The van der Waals surface area contributed by atoms with Crippen molar-refractivity contribution >= 4 is 28.7 Å². The van der Waals surface area contributed by atoms with Crippen LogP contribution in [-0.4, -0.2) is 79.0 Å². The minimum atomic E-state index is -0.122. The maximum absolute atomic E-state index is 12.2. The lowest BCUT2D eigenvalue weighted by Gasteiger charge is -2.36. The van der Waals surface area contributed by atoms with Crippen LogP contribution in [0.15, 0.2) is 36.4 Å². The summed E-state index contributed by atoms with van der Waals surface area (Å²) in [5, 5.41) is 3.60. The van der Waals surface area contributed by atoms with Crippen LogP contribution in [-0.2, 0) is 9.47 Å². The number of morpholine rings is 2. The van der Waals surface area contributed by atoms with E-state index in [1.807, 2.05) is 24.3 Å². The predicted molar refractivity (Wildman–Crippen MR) is 134 cm³/mol. The van der Waals surface area contributed by atoms with Crippen molar-refractivity contribution in [2.75, 3.05) is 49.7 Å². The fourth-order valence-corrected chi connectivity index (χ4v) is 5.29. The molecule has 6 rings (SSSR count). The summed E-state index contributed by atoms with van der Waals surface area (Å²) in [6, 6.07) is 11.7. The molecule has 2 aromatic heterocycles. The fourth-order valence-electron chi connectivity index (χ4n) is 5.29. The minimum absolute atomic E-state index is 0.122. The lowest BCUT2D eigenvalue weighted by Crippen LogP contribution is -2.45. The summed E-state index contributed by atoms with van der Waals surface area (Å²) in [6.07, 6.45) is 2.66. The highest BCUT2D eigenvalue weighted by atomic mass is 16.5. The number of pyridine rings is 1. The third-order valence-electron chi connectivity index (χ3n) is 7.14. The monoisotopic (exact) mass is 474 g/mol. The van der Waals surface area contributed by atoms with Crippen molar-refractivity contribution in [1.82, 2.24) is 20.3 Å². The molecular formula is C26H30N6O3. The number of fused-ring (bicyclic) bond motifs is 3. The molecule has 2 unspecified atom stereocenters. The van der Waals surface area contributed by atoms with E-state index in [9.17, 15) is 4.79 Å². The number of anilines is 2. The number of nitrogens with zero attached hydrogens (tertiary/aromatic N) is 5. The van der Waals surface area contributed by atoms with Gasteiger partial charge in [-0.2, -0.15) is 9.97 Å². The number of nitrogens with one attached hydrogen (secondary N) is 1. The summed E-state index contributed by atoms with van der Waals surface area (Å²) in [5.74, 6) is 1.48. The molecular weight excluding hydrogens is 444 g/mol. The van der Waals surface area contributed by atoms with Gasteiger partial charge in [-0.15, -0.1) is 0 Å². The highest BCUT2D eigenvalue weighted by Gasteiger charge is 2.35. The number of hydrogen-bond acceptors (Lipinski definition) is 8. The van der Waals surface area contributed by atoms with Crippen LogP contribution >= 0.6 is 0 Å². The van der Waals surface area contributed by atoms with E-state index in [0.29, 0.717) is 30.4 Å². The Morgan fingerprint density at radius 3 is 2.69 bits per heavy atom. The molecule has 9 heteroatoms. The van der Waals surface area contributed by atoms with E-state index in [4.69, 9.17) is 24.4 Å². The average molecular weight is 475 g/mol. The number of ether oxygens (including phenoxy) is 2. The maximum atomic E-state index is 12.2. The number of rotatable bonds is 4. The smallest absolute Gasteiger partial charge is 0.251 e. The molecule has 0 radical (unpaired) electrons. The zero-order valence-corrected chi connectivity index (χ0v) is 20.1. The average Bonchev–Trinajstić information content (AvgIpc) is 3.24. The predicted octanol–water partition coefficient (Wildman–Crippen LogP) is 2.64. The van der Waals surface area contributed by atoms with Gasteiger partial charge in [-0.25, -0.2) is 4.98 Å². The second kappa shape index (κ2) is 9.05. The molecule has 0 spiro atoms. The first kappa shape index (κ1) is 22.2. The quantitative estimate of drug-likeness (QED) is 0.617. The van der Waals surface area contributed by atoms with Gasteiger partial charge in [0.1, 0.15) is 5.82 Å². The van der Waals surface area contributed by atoms with E-state index in [-0.39, 0.29) is 24.2 Å². The van der Waals surface area contributed by atoms with Crippen LogP contribution in [0.1, 0.15) is 30.1 Å². The van der Waals surface area contributed by atoms with Gasteiger partial charge >= 0.3 is 0 Å². The summed E-state index contributed by atoms with van der Waals surface area (Å²) in [6.45, 7) is 5.87. The van der Waals surface area contributed by atoms with Crippen molar-refractivity contribution in [3.8, 4) is 11.3 Å². The van der Waals surface area contributed by atoms with E-state index in [1.165, 1.54) is 0 Å². The van der Waals surface area contributed by atoms with E-state index in [2.05, 4.69) is 28.1 Å². The van der Waals surface area contributed by atoms with Crippen LogP contribution in [0.4, 0.5) is 11.8 Å². The summed E-state index contributed by atoms with van der Waals surface area (Å²) < 4.78 is 11.7. The lowest BCUT2D eigenvalue weighted by molar-refractivity contribution is 0.0299. The van der Waals surface area contributed by atoms with Gasteiger partial charge in [-0.1, -0.05) is 12.1 Å². The molecule has 3 saturated heterocycles. The van der Waals surface area contributed by atoms with Gasteiger partial charge in [0.2, 0.25) is 5.95 Å². The zero-order chi connectivity index (χ0) is 23.9. The Labute approximate surface area is 204 Å². The Hall–Kier alpha value is -3.30. The third kappa shape index (κ3) is 4.19. The van der Waals surface area contributed by atoms with Gasteiger partial charge in [0.15, 0.2) is 5.65 Å². The molecule has 3 atom stereocenters. The first-order chi connectivity index (χ1) is 17.1. The van der Waals surface area contributed by atoms with Crippen molar-refractivity contribution in [3.63, 3.8) is 0 Å². The van der Waals surface area contributed by atoms with Crippen LogP contribution in [0, 0.1) is 0 Å². The van der Waals surface area contributed by atoms with E-state index in [1.54, 1.807) is 13.1 Å². The Morgan fingerprint density at radius 2 is 1.91 bits per heavy atom. The number of carbonyl (C=O) groups excluding carboxylic acids is 1. The molecule has 182 valence electrons. The Kier molecular flexibility index (Phi) is 5.74. The minimum Gasteiger partial charge on any atom is -0.377 e. The van der Waals surface area contributed by atoms with Gasteiger partial charge < -0.3 is 24.6 Å². The number of amides is 1. The molecule has 1 aromatic carbocycles. The molecule has 3 fully saturated rings.